The standard InChI is InChI=1S/C21H23N7O4S/c1-12-16(27(5)28(18(12)30)13-9-7-6-8-10-13)22-14(29)11-33-20-23-17-15(24(20)2)19(31)26(4)21(32)25(17)3/h6-10H,11H2,1-5H3,(H,22,29). The first-order valence-electron chi connectivity index (χ1n) is 10.0. The summed E-state index contributed by atoms with van der Waals surface area (Å²) in [6.45, 7) is 1.66. The van der Waals surface area contributed by atoms with Crippen molar-refractivity contribution in [1.29, 1.82) is 0 Å². The highest BCUT2D eigenvalue weighted by Crippen LogP contribution is 2.21. The second-order valence-corrected chi connectivity index (χ2v) is 8.56. The first kappa shape index (κ1) is 22.4. The second kappa shape index (κ2) is 8.28. The van der Waals surface area contributed by atoms with Crippen molar-refractivity contribution in [1.82, 2.24) is 28.0 Å². The Morgan fingerprint density at radius 1 is 0.970 bits per heavy atom. The molecular formula is C21H23N7O4S. The van der Waals surface area contributed by atoms with E-state index in [-0.39, 0.29) is 28.4 Å². The van der Waals surface area contributed by atoms with Crippen molar-refractivity contribution < 1.29 is 4.79 Å². The van der Waals surface area contributed by atoms with E-state index >= 15 is 0 Å². The van der Waals surface area contributed by atoms with Crippen LogP contribution in [0.25, 0.3) is 16.9 Å². The molecule has 0 aliphatic carbocycles. The molecule has 0 saturated heterocycles. The van der Waals surface area contributed by atoms with Gasteiger partial charge in [0.15, 0.2) is 16.3 Å². The van der Waals surface area contributed by atoms with Crippen molar-refractivity contribution >= 4 is 34.7 Å². The van der Waals surface area contributed by atoms with Crippen LogP contribution in [0.15, 0.2) is 49.9 Å². The normalized spacial score (nSPS) is 11.3. The van der Waals surface area contributed by atoms with Gasteiger partial charge in [-0.05, 0) is 19.1 Å². The first-order valence-corrected chi connectivity index (χ1v) is 11.0. The van der Waals surface area contributed by atoms with Gasteiger partial charge in [-0.3, -0.25) is 28.2 Å². The fraction of sp³-hybridized carbons (Fsp3) is 0.286. The highest BCUT2D eigenvalue weighted by atomic mass is 32.2. The number of nitrogens with zero attached hydrogens (tertiary/aromatic N) is 6. The molecule has 1 N–H and O–H groups in total. The fourth-order valence-corrected chi connectivity index (χ4v) is 4.47. The Labute approximate surface area is 191 Å². The zero-order valence-electron chi connectivity index (χ0n) is 18.8. The second-order valence-electron chi connectivity index (χ2n) is 7.62. The van der Waals surface area contributed by atoms with Crippen molar-refractivity contribution in [2.75, 3.05) is 11.1 Å². The van der Waals surface area contributed by atoms with E-state index in [9.17, 15) is 19.2 Å². The topological polar surface area (TPSA) is 118 Å². The maximum atomic E-state index is 12.7. The van der Waals surface area contributed by atoms with Crippen LogP contribution in [0.5, 0.6) is 0 Å². The van der Waals surface area contributed by atoms with Gasteiger partial charge in [0.05, 0.1) is 17.0 Å². The number of carbonyl (C=O) groups is 1. The number of nitrogens with one attached hydrogen (secondary N) is 1. The summed E-state index contributed by atoms with van der Waals surface area (Å²) in [4.78, 5) is 54.5. The molecule has 0 fully saturated rings. The van der Waals surface area contributed by atoms with Crippen molar-refractivity contribution in [3.05, 3.63) is 67.1 Å². The van der Waals surface area contributed by atoms with Gasteiger partial charge in [0.2, 0.25) is 5.91 Å². The highest BCUT2D eigenvalue weighted by Gasteiger charge is 2.20. The Morgan fingerprint density at radius 2 is 1.64 bits per heavy atom. The molecule has 1 aromatic carbocycles. The molecule has 172 valence electrons. The summed E-state index contributed by atoms with van der Waals surface area (Å²) in [5.41, 5.74) is 0.494. The van der Waals surface area contributed by atoms with Crippen LogP contribution in [0.4, 0.5) is 5.82 Å². The lowest BCUT2D eigenvalue weighted by Crippen LogP contribution is -2.37. The highest BCUT2D eigenvalue weighted by molar-refractivity contribution is 7.99. The number of hydrogen-bond donors (Lipinski definition) is 1. The van der Waals surface area contributed by atoms with Crippen LogP contribution in [0.2, 0.25) is 0 Å². The van der Waals surface area contributed by atoms with Gasteiger partial charge in [-0.25, -0.2) is 14.5 Å². The number of amides is 1. The van der Waals surface area contributed by atoms with E-state index in [0.717, 1.165) is 16.3 Å². The van der Waals surface area contributed by atoms with Crippen molar-refractivity contribution in [3.63, 3.8) is 0 Å². The van der Waals surface area contributed by atoms with Gasteiger partial charge in [-0.1, -0.05) is 30.0 Å². The fourth-order valence-electron chi connectivity index (χ4n) is 3.70. The predicted octanol–water partition coefficient (Wildman–Crippen LogP) is 0.499. The van der Waals surface area contributed by atoms with Crippen molar-refractivity contribution in [3.8, 4) is 5.69 Å². The number of anilines is 1. The average Bonchev–Trinajstić information content (AvgIpc) is 3.24. The molecule has 0 saturated carbocycles. The molecule has 0 bridgehead atoms. The number of benzene rings is 1. The van der Waals surface area contributed by atoms with Gasteiger partial charge in [0, 0.05) is 28.2 Å². The summed E-state index contributed by atoms with van der Waals surface area (Å²) >= 11 is 1.13. The molecule has 0 atom stereocenters. The quantitative estimate of drug-likeness (QED) is 0.426. The van der Waals surface area contributed by atoms with E-state index in [1.165, 1.54) is 16.3 Å². The third-order valence-electron chi connectivity index (χ3n) is 5.52. The van der Waals surface area contributed by atoms with Crippen molar-refractivity contribution in [2.45, 2.75) is 12.1 Å². The number of hydrogen-bond acceptors (Lipinski definition) is 6. The molecule has 33 heavy (non-hydrogen) atoms. The summed E-state index contributed by atoms with van der Waals surface area (Å²) in [5, 5.41) is 3.22. The number of para-hydroxylation sites is 1. The Morgan fingerprint density at radius 3 is 2.30 bits per heavy atom. The summed E-state index contributed by atoms with van der Waals surface area (Å²) in [6.07, 6.45) is 0. The number of carbonyl (C=O) groups excluding carboxylic acids is 1. The first-order chi connectivity index (χ1) is 15.6. The van der Waals surface area contributed by atoms with Crippen LogP contribution in [0.3, 0.4) is 0 Å². The molecule has 3 heterocycles. The number of fused-ring (bicyclic) bond motifs is 1. The molecule has 11 nitrogen and oxygen atoms in total. The van der Waals surface area contributed by atoms with Crippen LogP contribution in [-0.4, -0.2) is 39.7 Å². The molecule has 0 aliphatic rings. The van der Waals surface area contributed by atoms with Crippen LogP contribution >= 0.6 is 11.8 Å². The van der Waals surface area contributed by atoms with E-state index in [2.05, 4.69) is 10.3 Å². The number of imidazole rings is 1. The zero-order valence-corrected chi connectivity index (χ0v) is 19.6. The molecule has 4 rings (SSSR count). The zero-order chi connectivity index (χ0) is 24.0. The number of thioether (sulfide) groups is 1. The van der Waals surface area contributed by atoms with E-state index in [4.69, 9.17) is 0 Å². The minimum atomic E-state index is -0.473. The predicted molar refractivity (Wildman–Crippen MR) is 126 cm³/mol. The van der Waals surface area contributed by atoms with Crippen LogP contribution in [0.1, 0.15) is 5.56 Å². The minimum absolute atomic E-state index is 0.00439. The molecule has 0 radical (unpaired) electrons. The molecule has 0 unspecified atom stereocenters. The Kier molecular flexibility index (Phi) is 5.62. The van der Waals surface area contributed by atoms with E-state index < -0.39 is 11.2 Å². The third kappa shape index (κ3) is 3.61. The Balaban J connectivity index is 1.59. The minimum Gasteiger partial charge on any atom is -0.316 e. The Hall–Kier alpha value is -3.80. The monoisotopic (exact) mass is 469 g/mol. The van der Waals surface area contributed by atoms with Gasteiger partial charge in [-0.2, -0.15) is 0 Å². The van der Waals surface area contributed by atoms with Gasteiger partial charge in [0.25, 0.3) is 11.1 Å². The summed E-state index contributed by atoms with van der Waals surface area (Å²) < 4.78 is 6.98. The lowest BCUT2D eigenvalue weighted by Gasteiger charge is -2.11. The molecule has 0 aliphatic heterocycles. The number of rotatable bonds is 5. The molecule has 1 amide bonds. The smallest absolute Gasteiger partial charge is 0.316 e. The van der Waals surface area contributed by atoms with E-state index in [1.54, 1.807) is 37.3 Å². The third-order valence-corrected chi connectivity index (χ3v) is 6.55. The van der Waals surface area contributed by atoms with Crippen LogP contribution in [0, 0.1) is 6.92 Å². The molecule has 0 spiro atoms. The lowest BCUT2D eigenvalue weighted by atomic mass is 10.3. The van der Waals surface area contributed by atoms with Gasteiger partial charge < -0.3 is 9.88 Å². The Bertz CT molecular complexity index is 1570. The molecule has 12 heteroatoms. The van der Waals surface area contributed by atoms with Gasteiger partial charge in [-0.15, -0.1) is 0 Å². The molecular weight excluding hydrogens is 446 g/mol. The summed E-state index contributed by atoms with van der Waals surface area (Å²) in [6, 6.07) is 9.15. The van der Waals surface area contributed by atoms with Crippen LogP contribution < -0.4 is 22.1 Å². The summed E-state index contributed by atoms with van der Waals surface area (Å²) in [7, 11) is 6.31. The maximum absolute atomic E-state index is 12.7. The molecule has 3 aromatic heterocycles. The van der Waals surface area contributed by atoms with E-state index in [1.807, 2.05) is 30.3 Å². The number of aryl methyl sites for hydroxylation is 2. The van der Waals surface area contributed by atoms with Gasteiger partial charge >= 0.3 is 5.69 Å². The largest absolute Gasteiger partial charge is 0.332 e. The van der Waals surface area contributed by atoms with Crippen LogP contribution in [-0.2, 0) is 33.0 Å². The SMILES string of the molecule is Cc1c(NC(=O)CSc2nc3c(c(=O)n(C)c(=O)n3C)n2C)n(C)n(-c2ccccc2)c1=O. The maximum Gasteiger partial charge on any atom is 0.332 e. The van der Waals surface area contributed by atoms with Gasteiger partial charge in [0.1, 0.15) is 5.82 Å². The number of aromatic nitrogens is 6. The molecule has 4 aromatic rings. The average molecular weight is 470 g/mol. The van der Waals surface area contributed by atoms with E-state index in [0.29, 0.717) is 22.2 Å². The summed E-state index contributed by atoms with van der Waals surface area (Å²) in [5.74, 6) is 0.0590. The van der Waals surface area contributed by atoms with Crippen molar-refractivity contribution in [2.24, 2.45) is 28.2 Å². The lowest BCUT2D eigenvalue weighted by molar-refractivity contribution is -0.113.